The summed E-state index contributed by atoms with van der Waals surface area (Å²) in [6, 6.07) is 7.28. The molecule has 2 amide bonds. The maximum atomic E-state index is 11.6. The van der Waals surface area contributed by atoms with Crippen molar-refractivity contribution in [2.75, 3.05) is 12.4 Å². The minimum absolute atomic E-state index is 0.0284. The fourth-order valence-electron chi connectivity index (χ4n) is 1.56. The monoisotopic (exact) mass is 263 g/mol. The molecular formula is C14H21N3O2. The van der Waals surface area contributed by atoms with Crippen LogP contribution < -0.4 is 16.4 Å². The molecule has 0 fully saturated rings. The van der Waals surface area contributed by atoms with Gasteiger partial charge in [0.1, 0.15) is 0 Å². The third-order valence-electron chi connectivity index (χ3n) is 2.71. The molecule has 0 aliphatic carbocycles. The molecule has 5 nitrogen and oxygen atoms in total. The maximum Gasteiger partial charge on any atom is 0.224 e. The predicted molar refractivity (Wildman–Crippen MR) is 75.7 cm³/mol. The van der Waals surface area contributed by atoms with E-state index in [1.165, 1.54) is 0 Å². The molecule has 0 aliphatic rings. The number of rotatable bonds is 6. The van der Waals surface area contributed by atoms with E-state index in [1.807, 2.05) is 19.1 Å². The van der Waals surface area contributed by atoms with E-state index in [0.29, 0.717) is 19.3 Å². The molecule has 0 aliphatic heterocycles. The Balaban J connectivity index is 2.47. The molecule has 4 N–H and O–H groups in total. The van der Waals surface area contributed by atoms with Crippen LogP contribution in [0.5, 0.6) is 0 Å². The second kappa shape index (κ2) is 7.53. The van der Waals surface area contributed by atoms with E-state index in [-0.39, 0.29) is 17.9 Å². The van der Waals surface area contributed by atoms with E-state index >= 15 is 0 Å². The molecule has 5 heteroatoms. The van der Waals surface area contributed by atoms with Crippen LogP contribution in [0.3, 0.4) is 0 Å². The molecule has 1 aromatic carbocycles. The molecular weight excluding hydrogens is 242 g/mol. The number of carbonyl (C=O) groups excluding carboxylic acids is 2. The second-order valence-electron chi connectivity index (χ2n) is 4.61. The van der Waals surface area contributed by atoms with Crippen LogP contribution in [0.1, 0.15) is 25.3 Å². The zero-order valence-corrected chi connectivity index (χ0v) is 11.4. The van der Waals surface area contributed by atoms with Crippen LogP contribution in [0.15, 0.2) is 24.3 Å². The minimum Gasteiger partial charge on any atom is -0.359 e. The summed E-state index contributed by atoms with van der Waals surface area (Å²) in [5.41, 5.74) is 7.24. The Morgan fingerprint density at radius 3 is 2.37 bits per heavy atom. The SMILES string of the molecule is CNC(=O)Cc1ccc(NC(=O)CCC(C)N)cc1. The number of nitrogens with two attached hydrogens (primary N) is 1. The van der Waals surface area contributed by atoms with Crippen molar-refractivity contribution in [2.24, 2.45) is 5.73 Å². The topological polar surface area (TPSA) is 84.2 Å². The zero-order chi connectivity index (χ0) is 14.3. The first kappa shape index (κ1) is 15.2. The first-order valence-electron chi connectivity index (χ1n) is 6.36. The van der Waals surface area contributed by atoms with Gasteiger partial charge < -0.3 is 16.4 Å². The lowest BCUT2D eigenvalue weighted by Crippen LogP contribution is -2.20. The Morgan fingerprint density at radius 2 is 1.84 bits per heavy atom. The molecule has 104 valence electrons. The summed E-state index contributed by atoms with van der Waals surface area (Å²) in [5.74, 6) is -0.0786. The Morgan fingerprint density at radius 1 is 1.21 bits per heavy atom. The highest BCUT2D eigenvalue weighted by Gasteiger charge is 2.05. The van der Waals surface area contributed by atoms with Gasteiger partial charge in [-0.2, -0.15) is 0 Å². The van der Waals surface area contributed by atoms with Crippen molar-refractivity contribution in [3.05, 3.63) is 29.8 Å². The Labute approximate surface area is 113 Å². The number of benzene rings is 1. The highest BCUT2D eigenvalue weighted by molar-refractivity contribution is 5.90. The summed E-state index contributed by atoms with van der Waals surface area (Å²) in [5, 5.41) is 5.36. The standard InChI is InChI=1S/C14H21N3O2/c1-10(15)3-8-13(18)17-12-6-4-11(5-7-12)9-14(19)16-2/h4-7,10H,3,8-9,15H2,1-2H3,(H,16,19)(H,17,18). The number of hydrogen-bond acceptors (Lipinski definition) is 3. The predicted octanol–water partition coefficient (Wildman–Crippen LogP) is 1.04. The molecule has 0 bridgehead atoms. The molecule has 1 unspecified atom stereocenters. The molecule has 0 aromatic heterocycles. The van der Waals surface area contributed by atoms with Crippen LogP contribution in [0.25, 0.3) is 0 Å². The normalized spacial score (nSPS) is 11.7. The number of anilines is 1. The van der Waals surface area contributed by atoms with Gasteiger partial charge in [-0.05, 0) is 31.0 Å². The van der Waals surface area contributed by atoms with Gasteiger partial charge in [0.2, 0.25) is 11.8 Å². The van der Waals surface area contributed by atoms with E-state index in [1.54, 1.807) is 19.2 Å². The van der Waals surface area contributed by atoms with Crippen molar-refractivity contribution in [1.82, 2.24) is 5.32 Å². The Bertz CT molecular complexity index is 427. The van der Waals surface area contributed by atoms with Gasteiger partial charge in [-0.25, -0.2) is 0 Å². The first-order chi connectivity index (χ1) is 9.01. The van der Waals surface area contributed by atoms with Gasteiger partial charge >= 0.3 is 0 Å². The van der Waals surface area contributed by atoms with Gasteiger partial charge in [-0.1, -0.05) is 12.1 Å². The van der Waals surface area contributed by atoms with Gasteiger partial charge in [0.15, 0.2) is 0 Å². The van der Waals surface area contributed by atoms with Crippen LogP contribution in [-0.4, -0.2) is 24.9 Å². The van der Waals surface area contributed by atoms with Crippen molar-refractivity contribution in [3.63, 3.8) is 0 Å². The summed E-state index contributed by atoms with van der Waals surface area (Å²) in [7, 11) is 1.61. The summed E-state index contributed by atoms with van der Waals surface area (Å²) in [6.07, 6.45) is 1.42. The fourth-order valence-corrected chi connectivity index (χ4v) is 1.56. The van der Waals surface area contributed by atoms with Crippen LogP contribution in [0, 0.1) is 0 Å². The molecule has 0 spiro atoms. The van der Waals surface area contributed by atoms with Gasteiger partial charge in [-0.15, -0.1) is 0 Å². The summed E-state index contributed by atoms with van der Waals surface area (Å²) in [4.78, 5) is 22.8. The first-order valence-corrected chi connectivity index (χ1v) is 6.36. The van der Waals surface area contributed by atoms with E-state index in [4.69, 9.17) is 5.73 Å². The lowest BCUT2D eigenvalue weighted by atomic mass is 10.1. The van der Waals surface area contributed by atoms with Crippen molar-refractivity contribution in [1.29, 1.82) is 0 Å². The van der Waals surface area contributed by atoms with Crippen LogP contribution in [-0.2, 0) is 16.0 Å². The summed E-state index contributed by atoms with van der Waals surface area (Å²) in [6.45, 7) is 1.88. The van der Waals surface area contributed by atoms with Gasteiger partial charge in [0.25, 0.3) is 0 Å². The van der Waals surface area contributed by atoms with E-state index < -0.39 is 0 Å². The average Bonchev–Trinajstić information content (AvgIpc) is 2.38. The maximum absolute atomic E-state index is 11.6. The van der Waals surface area contributed by atoms with Crippen molar-refractivity contribution >= 4 is 17.5 Å². The lowest BCUT2D eigenvalue weighted by molar-refractivity contribution is -0.120. The molecule has 0 heterocycles. The quantitative estimate of drug-likeness (QED) is 0.717. The largest absolute Gasteiger partial charge is 0.359 e. The Hall–Kier alpha value is -1.88. The van der Waals surface area contributed by atoms with Crippen molar-refractivity contribution in [2.45, 2.75) is 32.2 Å². The highest BCUT2D eigenvalue weighted by atomic mass is 16.2. The minimum atomic E-state index is -0.0450. The zero-order valence-electron chi connectivity index (χ0n) is 11.4. The highest BCUT2D eigenvalue weighted by Crippen LogP contribution is 2.11. The second-order valence-corrected chi connectivity index (χ2v) is 4.61. The van der Waals surface area contributed by atoms with E-state index in [9.17, 15) is 9.59 Å². The van der Waals surface area contributed by atoms with Crippen LogP contribution in [0.4, 0.5) is 5.69 Å². The summed E-state index contributed by atoms with van der Waals surface area (Å²) < 4.78 is 0. The number of hydrogen-bond donors (Lipinski definition) is 3. The van der Waals surface area contributed by atoms with E-state index in [2.05, 4.69) is 10.6 Å². The van der Waals surface area contributed by atoms with Crippen molar-refractivity contribution in [3.8, 4) is 0 Å². The number of likely N-dealkylation sites (N-methyl/N-ethyl adjacent to an activating group) is 1. The molecule has 1 aromatic rings. The molecule has 1 rings (SSSR count). The average molecular weight is 263 g/mol. The van der Waals surface area contributed by atoms with Gasteiger partial charge in [0.05, 0.1) is 6.42 Å². The fraction of sp³-hybridized carbons (Fsp3) is 0.429. The number of amides is 2. The van der Waals surface area contributed by atoms with Gasteiger partial charge in [0, 0.05) is 25.2 Å². The van der Waals surface area contributed by atoms with Crippen LogP contribution >= 0.6 is 0 Å². The lowest BCUT2D eigenvalue weighted by Gasteiger charge is -2.07. The number of carbonyl (C=O) groups is 2. The van der Waals surface area contributed by atoms with Crippen molar-refractivity contribution < 1.29 is 9.59 Å². The Kier molecular flexibility index (Phi) is 6.02. The molecule has 19 heavy (non-hydrogen) atoms. The molecule has 0 saturated carbocycles. The van der Waals surface area contributed by atoms with Crippen LogP contribution in [0.2, 0.25) is 0 Å². The molecule has 0 radical (unpaired) electrons. The summed E-state index contributed by atoms with van der Waals surface area (Å²) >= 11 is 0. The molecule has 1 atom stereocenters. The van der Waals surface area contributed by atoms with Gasteiger partial charge in [-0.3, -0.25) is 9.59 Å². The number of nitrogens with one attached hydrogen (secondary N) is 2. The van der Waals surface area contributed by atoms with E-state index in [0.717, 1.165) is 11.3 Å². The third-order valence-corrected chi connectivity index (χ3v) is 2.71. The smallest absolute Gasteiger partial charge is 0.224 e. The molecule has 0 saturated heterocycles. The third kappa shape index (κ3) is 6.01.